The van der Waals surface area contributed by atoms with E-state index in [0.29, 0.717) is 30.2 Å². The number of hydrogen-bond acceptors (Lipinski definition) is 7. The molecule has 0 saturated carbocycles. The van der Waals surface area contributed by atoms with E-state index < -0.39 is 0 Å². The van der Waals surface area contributed by atoms with Crippen molar-refractivity contribution >= 4 is 11.7 Å². The molecular formula is C12H14N6O3. The van der Waals surface area contributed by atoms with Gasteiger partial charge in [-0.15, -0.1) is 0 Å². The highest BCUT2D eigenvalue weighted by Gasteiger charge is 2.09. The molecule has 0 spiro atoms. The van der Waals surface area contributed by atoms with Crippen molar-refractivity contribution in [1.82, 2.24) is 20.4 Å². The van der Waals surface area contributed by atoms with E-state index in [1.165, 1.54) is 12.3 Å². The molecule has 0 aliphatic rings. The maximum absolute atomic E-state index is 11.8. The van der Waals surface area contributed by atoms with Crippen LogP contribution in [0.1, 0.15) is 27.8 Å². The fourth-order valence-electron chi connectivity index (χ4n) is 1.55. The van der Waals surface area contributed by atoms with Crippen LogP contribution in [0.3, 0.4) is 0 Å². The Kier molecular flexibility index (Phi) is 4.44. The fourth-order valence-corrected chi connectivity index (χ4v) is 1.55. The number of nitrogens with two attached hydrogens (primary N) is 1. The molecule has 110 valence electrons. The number of carbonyl (C=O) groups excluding carboxylic acids is 1. The van der Waals surface area contributed by atoms with E-state index >= 15 is 0 Å². The minimum atomic E-state index is -0.336. The van der Waals surface area contributed by atoms with Crippen molar-refractivity contribution in [2.24, 2.45) is 10.9 Å². The van der Waals surface area contributed by atoms with Crippen molar-refractivity contribution in [3.8, 4) is 0 Å². The van der Waals surface area contributed by atoms with Gasteiger partial charge in [-0.3, -0.25) is 9.78 Å². The van der Waals surface area contributed by atoms with Crippen molar-refractivity contribution in [3.63, 3.8) is 0 Å². The smallest absolute Gasteiger partial charge is 0.269 e. The molecule has 2 heterocycles. The summed E-state index contributed by atoms with van der Waals surface area (Å²) in [4.78, 5) is 19.8. The van der Waals surface area contributed by atoms with Gasteiger partial charge in [-0.2, -0.15) is 4.98 Å². The van der Waals surface area contributed by atoms with Gasteiger partial charge >= 0.3 is 0 Å². The fraction of sp³-hybridized carbons (Fsp3) is 0.250. The standard InChI is InChI=1S/C12H14N6O3/c1-7-16-10(21-18-7)4-5-14-12(19)9-3-2-8(6-15-9)11(13)17-20/h2-3,6,20H,4-5H2,1H3,(H2,13,17)(H,14,19). The molecule has 2 rings (SSSR count). The van der Waals surface area contributed by atoms with E-state index in [4.69, 9.17) is 15.5 Å². The predicted octanol–water partition coefficient (Wildman–Crippen LogP) is -0.160. The van der Waals surface area contributed by atoms with Gasteiger partial charge in [0, 0.05) is 24.7 Å². The van der Waals surface area contributed by atoms with Gasteiger partial charge in [-0.05, 0) is 19.1 Å². The lowest BCUT2D eigenvalue weighted by Crippen LogP contribution is -2.26. The number of hydrogen-bond donors (Lipinski definition) is 3. The van der Waals surface area contributed by atoms with E-state index in [9.17, 15) is 4.79 Å². The third kappa shape index (κ3) is 3.75. The average Bonchev–Trinajstić information content (AvgIpc) is 2.92. The molecule has 0 aliphatic heterocycles. The summed E-state index contributed by atoms with van der Waals surface area (Å²) in [6.07, 6.45) is 1.79. The van der Waals surface area contributed by atoms with Crippen LogP contribution in [0.25, 0.3) is 0 Å². The number of amidine groups is 1. The Morgan fingerprint density at radius 3 is 2.90 bits per heavy atom. The molecule has 0 bridgehead atoms. The van der Waals surface area contributed by atoms with Crippen molar-refractivity contribution in [1.29, 1.82) is 0 Å². The van der Waals surface area contributed by atoms with Gasteiger partial charge in [0.15, 0.2) is 11.7 Å². The predicted molar refractivity (Wildman–Crippen MR) is 71.8 cm³/mol. The van der Waals surface area contributed by atoms with Crippen LogP contribution in [0.5, 0.6) is 0 Å². The molecule has 1 amide bonds. The van der Waals surface area contributed by atoms with Gasteiger partial charge in [0.1, 0.15) is 5.69 Å². The lowest BCUT2D eigenvalue weighted by Gasteiger charge is -2.03. The molecule has 0 aliphatic carbocycles. The summed E-state index contributed by atoms with van der Waals surface area (Å²) in [6.45, 7) is 2.07. The first kappa shape index (κ1) is 14.4. The number of oxime groups is 1. The first-order valence-electron chi connectivity index (χ1n) is 6.11. The first-order valence-corrected chi connectivity index (χ1v) is 6.11. The summed E-state index contributed by atoms with van der Waals surface area (Å²) >= 11 is 0. The second-order valence-electron chi connectivity index (χ2n) is 4.16. The number of amides is 1. The zero-order valence-electron chi connectivity index (χ0n) is 11.3. The van der Waals surface area contributed by atoms with Crippen LogP contribution in [-0.4, -0.2) is 38.6 Å². The van der Waals surface area contributed by atoms with Crippen molar-refractivity contribution in [2.75, 3.05) is 6.54 Å². The Bertz CT molecular complexity index is 649. The largest absolute Gasteiger partial charge is 0.409 e. The number of aryl methyl sites for hydroxylation is 1. The topological polar surface area (TPSA) is 140 Å². The Morgan fingerprint density at radius 2 is 2.33 bits per heavy atom. The minimum Gasteiger partial charge on any atom is -0.409 e. The van der Waals surface area contributed by atoms with E-state index in [1.807, 2.05) is 0 Å². The second-order valence-corrected chi connectivity index (χ2v) is 4.16. The SMILES string of the molecule is Cc1noc(CCNC(=O)c2ccc(/C(N)=N/O)cn2)n1. The van der Waals surface area contributed by atoms with Crippen LogP contribution in [-0.2, 0) is 6.42 Å². The van der Waals surface area contributed by atoms with E-state index in [2.05, 4.69) is 25.6 Å². The normalized spacial score (nSPS) is 11.4. The van der Waals surface area contributed by atoms with Gasteiger partial charge in [-0.25, -0.2) is 0 Å². The Labute approximate surface area is 119 Å². The molecule has 0 saturated heterocycles. The second kappa shape index (κ2) is 6.46. The van der Waals surface area contributed by atoms with Crippen LogP contribution in [0, 0.1) is 6.92 Å². The van der Waals surface area contributed by atoms with Crippen molar-refractivity contribution in [3.05, 3.63) is 41.3 Å². The van der Waals surface area contributed by atoms with Crippen molar-refractivity contribution < 1.29 is 14.5 Å². The Balaban J connectivity index is 1.88. The monoisotopic (exact) mass is 290 g/mol. The van der Waals surface area contributed by atoms with Crippen LogP contribution >= 0.6 is 0 Å². The molecule has 21 heavy (non-hydrogen) atoms. The molecular weight excluding hydrogens is 276 g/mol. The zero-order chi connectivity index (χ0) is 15.2. The lowest BCUT2D eigenvalue weighted by atomic mass is 10.2. The number of rotatable bonds is 5. The van der Waals surface area contributed by atoms with Crippen molar-refractivity contribution in [2.45, 2.75) is 13.3 Å². The molecule has 0 radical (unpaired) electrons. The van der Waals surface area contributed by atoms with Crippen LogP contribution < -0.4 is 11.1 Å². The number of carbonyl (C=O) groups is 1. The van der Waals surface area contributed by atoms with Gasteiger partial charge < -0.3 is 20.8 Å². The first-order chi connectivity index (χ1) is 10.1. The quantitative estimate of drug-likeness (QED) is 0.301. The van der Waals surface area contributed by atoms with E-state index in [1.54, 1.807) is 13.0 Å². The van der Waals surface area contributed by atoms with Crippen LogP contribution in [0.15, 0.2) is 28.0 Å². The summed E-state index contributed by atoms with van der Waals surface area (Å²) in [5.41, 5.74) is 6.06. The van der Waals surface area contributed by atoms with Gasteiger partial charge in [0.05, 0.1) is 0 Å². The number of nitrogens with zero attached hydrogens (tertiary/aromatic N) is 4. The summed E-state index contributed by atoms with van der Waals surface area (Å²) < 4.78 is 4.93. The summed E-state index contributed by atoms with van der Waals surface area (Å²) in [5, 5.41) is 17.7. The number of nitrogens with one attached hydrogen (secondary N) is 1. The summed E-state index contributed by atoms with van der Waals surface area (Å²) in [6, 6.07) is 3.03. The van der Waals surface area contributed by atoms with E-state index in [-0.39, 0.29) is 17.4 Å². The van der Waals surface area contributed by atoms with Gasteiger partial charge in [-0.1, -0.05) is 10.3 Å². The number of aromatic nitrogens is 3. The molecule has 9 heteroatoms. The van der Waals surface area contributed by atoms with Gasteiger partial charge in [0.2, 0.25) is 5.89 Å². The van der Waals surface area contributed by atoms with Crippen LogP contribution in [0.2, 0.25) is 0 Å². The lowest BCUT2D eigenvalue weighted by molar-refractivity contribution is 0.0948. The van der Waals surface area contributed by atoms with Crippen LogP contribution in [0.4, 0.5) is 0 Å². The summed E-state index contributed by atoms with van der Waals surface area (Å²) in [5.74, 6) is 0.610. The maximum atomic E-state index is 11.8. The average molecular weight is 290 g/mol. The third-order valence-electron chi connectivity index (χ3n) is 2.59. The van der Waals surface area contributed by atoms with E-state index in [0.717, 1.165) is 0 Å². The maximum Gasteiger partial charge on any atom is 0.269 e. The summed E-state index contributed by atoms with van der Waals surface area (Å²) in [7, 11) is 0. The molecule has 0 unspecified atom stereocenters. The molecule has 9 nitrogen and oxygen atoms in total. The highest BCUT2D eigenvalue weighted by atomic mass is 16.5. The Morgan fingerprint density at radius 1 is 1.52 bits per heavy atom. The molecule has 2 aromatic heterocycles. The zero-order valence-corrected chi connectivity index (χ0v) is 11.3. The molecule has 0 fully saturated rings. The van der Waals surface area contributed by atoms with Gasteiger partial charge in [0.25, 0.3) is 5.91 Å². The highest BCUT2D eigenvalue weighted by molar-refractivity contribution is 5.98. The molecule has 0 atom stereocenters. The highest BCUT2D eigenvalue weighted by Crippen LogP contribution is 2.01. The molecule has 2 aromatic rings. The number of pyridine rings is 1. The Hall–Kier alpha value is -2.97. The third-order valence-corrected chi connectivity index (χ3v) is 2.59. The molecule has 0 aromatic carbocycles. The molecule has 4 N–H and O–H groups in total. The minimum absolute atomic E-state index is 0.0683.